The molecule has 0 bridgehead atoms. The van der Waals surface area contributed by atoms with E-state index >= 15 is 0 Å². The van der Waals surface area contributed by atoms with Gasteiger partial charge in [0.15, 0.2) is 11.5 Å². The number of rotatable bonds is 7. The van der Waals surface area contributed by atoms with Gasteiger partial charge in [0.2, 0.25) is 0 Å². The summed E-state index contributed by atoms with van der Waals surface area (Å²) in [7, 11) is 3.04. The van der Waals surface area contributed by atoms with Crippen molar-refractivity contribution in [2.45, 2.75) is 6.92 Å². The number of carbonyl (C=O) groups excluding carboxylic acids is 2. The topological polar surface area (TPSA) is 89.8 Å². The van der Waals surface area contributed by atoms with Gasteiger partial charge in [0.05, 0.1) is 20.5 Å². The van der Waals surface area contributed by atoms with Crippen LogP contribution in [0.25, 0.3) is 6.08 Å². The molecule has 0 spiro atoms. The number of ether oxygens (including phenoxy) is 2. The maximum Gasteiger partial charge on any atom is 0.272 e. The summed E-state index contributed by atoms with van der Waals surface area (Å²) in [5.74, 6) is 0.515. The maximum atomic E-state index is 12.9. The largest absolute Gasteiger partial charge is 0.493 e. The summed E-state index contributed by atoms with van der Waals surface area (Å²) in [6.45, 7) is 1.89. The number of amides is 2. The lowest BCUT2D eigenvalue weighted by molar-refractivity contribution is -0.113. The molecular weight excluding hydrogens is 384 g/mol. The number of hydrogen-bond acceptors (Lipinski definition) is 5. The van der Waals surface area contributed by atoms with Crippen LogP contribution in [0.3, 0.4) is 0 Å². The van der Waals surface area contributed by atoms with Crippen molar-refractivity contribution in [2.75, 3.05) is 19.5 Å². The van der Waals surface area contributed by atoms with E-state index in [1.165, 1.54) is 26.6 Å². The standard InChI is InChI=1S/C23H22N2O5/c1-15-6-4-7-16(12-15)22(26)25-19(14-18-8-5-11-30-18)23(27)24-17-9-10-20(28-2)21(13-17)29-3/h4-14H,1-3H3,(H,24,27)(H,25,26)/b19-14-. The van der Waals surface area contributed by atoms with Gasteiger partial charge in [-0.15, -0.1) is 0 Å². The van der Waals surface area contributed by atoms with Gasteiger partial charge in [0.1, 0.15) is 11.5 Å². The lowest BCUT2D eigenvalue weighted by Crippen LogP contribution is -2.30. The Hall–Kier alpha value is -4.00. The molecule has 0 saturated heterocycles. The second-order valence-corrected chi connectivity index (χ2v) is 6.42. The van der Waals surface area contributed by atoms with E-state index in [4.69, 9.17) is 13.9 Å². The highest BCUT2D eigenvalue weighted by Gasteiger charge is 2.16. The highest BCUT2D eigenvalue weighted by Crippen LogP contribution is 2.29. The number of aryl methyl sites for hydroxylation is 1. The number of carbonyl (C=O) groups is 2. The zero-order chi connectivity index (χ0) is 21.5. The third kappa shape index (κ3) is 5.08. The fraction of sp³-hybridized carbons (Fsp3) is 0.130. The van der Waals surface area contributed by atoms with Crippen molar-refractivity contribution >= 4 is 23.6 Å². The van der Waals surface area contributed by atoms with Crippen LogP contribution >= 0.6 is 0 Å². The molecule has 0 saturated carbocycles. The summed E-state index contributed by atoms with van der Waals surface area (Å²) in [6, 6.07) is 15.4. The fourth-order valence-electron chi connectivity index (χ4n) is 2.77. The van der Waals surface area contributed by atoms with Gasteiger partial charge in [-0.3, -0.25) is 9.59 Å². The Morgan fingerprint density at radius 3 is 2.43 bits per heavy atom. The molecule has 0 aliphatic heterocycles. The number of hydrogen-bond donors (Lipinski definition) is 2. The van der Waals surface area contributed by atoms with E-state index in [9.17, 15) is 9.59 Å². The van der Waals surface area contributed by atoms with Crippen molar-refractivity contribution in [3.05, 3.63) is 83.4 Å². The Morgan fingerprint density at radius 2 is 1.77 bits per heavy atom. The van der Waals surface area contributed by atoms with Crippen LogP contribution in [0.4, 0.5) is 5.69 Å². The molecule has 7 heteroatoms. The van der Waals surface area contributed by atoms with Gasteiger partial charge in [-0.2, -0.15) is 0 Å². The molecule has 2 N–H and O–H groups in total. The van der Waals surface area contributed by atoms with Crippen molar-refractivity contribution in [1.82, 2.24) is 5.32 Å². The maximum absolute atomic E-state index is 12.9. The van der Waals surface area contributed by atoms with Gasteiger partial charge in [-0.25, -0.2) is 0 Å². The Labute approximate surface area is 174 Å². The Bertz CT molecular complexity index is 1070. The van der Waals surface area contributed by atoms with Crippen LogP contribution in [-0.4, -0.2) is 26.0 Å². The van der Waals surface area contributed by atoms with Crippen molar-refractivity contribution in [3.63, 3.8) is 0 Å². The molecule has 3 aromatic rings. The number of nitrogens with one attached hydrogen (secondary N) is 2. The van der Waals surface area contributed by atoms with Gasteiger partial charge in [-0.05, 0) is 43.3 Å². The molecule has 1 aromatic heterocycles. The average Bonchev–Trinajstić information content (AvgIpc) is 3.26. The second-order valence-electron chi connectivity index (χ2n) is 6.42. The van der Waals surface area contributed by atoms with E-state index in [0.717, 1.165) is 5.56 Å². The normalized spacial score (nSPS) is 11.0. The minimum Gasteiger partial charge on any atom is -0.493 e. The van der Waals surface area contributed by atoms with Crippen LogP contribution < -0.4 is 20.1 Å². The van der Waals surface area contributed by atoms with Gasteiger partial charge < -0.3 is 24.5 Å². The minimum atomic E-state index is -0.514. The van der Waals surface area contributed by atoms with E-state index in [0.29, 0.717) is 28.5 Å². The van der Waals surface area contributed by atoms with Crippen LogP contribution in [0.2, 0.25) is 0 Å². The molecule has 0 unspecified atom stereocenters. The van der Waals surface area contributed by atoms with E-state index < -0.39 is 11.8 Å². The van der Waals surface area contributed by atoms with E-state index in [1.807, 2.05) is 13.0 Å². The van der Waals surface area contributed by atoms with E-state index in [1.54, 1.807) is 48.5 Å². The molecule has 0 fully saturated rings. The first-order valence-electron chi connectivity index (χ1n) is 9.16. The summed E-state index contributed by atoms with van der Waals surface area (Å²) >= 11 is 0. The molecule has 2 amide bonds. The predicted octanol–water partition coefficient (Wildman–Crippen LogP) is 4.01. The fourth-order valence-corrected chi connectivity index (χ4v) is 2.77. The molecule has 7 nitrogen and oxygen atoms in total. The smallest absolute Gasteiger partial charge is 0.272 e. The summed E-state index contributed by atoms with van der Waals surface area (Å²) in [5, 5.41) is 5.41. The molecule has 1 heterocycles. The molecule has 3 rings (SSSR count). The molecule has 0 aliphatic rings. The summed E-state index contributed by atoms with van der Waals surface area (Å²) in [4.78, 5) is 25.6. The van der Waals surface area contributed by atoms with Gasteiger partial charge in [0.25, 0.3) is 11.8 Å². The number of anilines is 1. The van der Waals surface area contributed by atoms with Gasteiger partial charge in [-0.1, -0.05) is 17.7 Å². The zero-order valence-corrected chi connectivity index (χ0v) is 16.9. The number of furan rings is 1. The molecule has 2 aromatic carbocycles. The Kier molecular flexibility index (Phi) is 6.54. The van der Waals surface area contributed by atoms with Crippen molar-refractivity contribution in [1.29, 1.82) is 0 Å². The molecule has 0 atom stereocenters. The van der Waals surface area contributed by atoms with Crippen LogP contribution in [0.15, 0.2) is 71.0 Å². The predicted molar refractivity (Wildman–Crippen MR) is 114 cm³/mol. The third-order valence-corrected chi connectivity index (χ3v) is 4.24. The van der Waals surface area contributed by atoms with Crippen LogP contribution in [0.1, 0.15) is 21.7 Å². The van der Waals surface area contributed by atoms with Crippen molar-refractivity contribution in [2.24, 2.45) is 0 Å². The quantitative estimate of drug-likeness (QED) is 0.579. The molecule has 0 aliphatic carbocycles. The Balaban J connectivity index is 1.85. The lowest BCUT2D eigenvalue weighted by Gasteiger charge is -2.13. The van der Waals surface area contributed by atoms with E-state index in [2.05, 4.69) is 10.6 Å². The first-order valence-corrected chi connectivity index (χ1v) is 9.16. The Morgan fingerprint density at radius 1 is 0.967 bits per heavy atom. The minimum absolute atomic E-state index is 0.0336. The summed E-state index contributed by atoms with van der Waals surface area (Å²) in [5.41, 5.74) is 1.90. The summed E-state index contributed by atoms with van der Waals surface area (Å²) < 4.78 is 15.8. The average molecular weight is 406 g/mol. The monoisotopic (exact) mass is 406 g/mol. The van der Waals surface area contributed by atoms with Crippen molar-refractivity contribution < 1.29 is 23.5 Å². The molecule has 30 heavy (non-hydrogen) atoms. The number of benzene rings is 2. The van der Waals surface area contributed by atoms with E-state index in [-0.39, 0.29) is 5.70 Å². The zero-order valence-electron chi connectivity index (χ0n) is 16.9. The van der Waals surface area contributed by atoms with Crippen LogP contribution in [-0.2, 0) is 4.79 Å². The summed E-state index contributed by atoms with van der Waals surface area (Å²) in [6.07, 6.45) is 2.95. The van der Waals surface area contributed by atoms with Gasteiger partial charge >= 0.3 is 0 Å². The SMILES string of the molecule is COc1ccc(NC(=O)/C(=C/c2ccco2)NC(=O)c2cccc(C)c2)cc1OC. The second kappa shape index (κ2) is 9.47. The highest BCUT2D eigenvalue weighted by atomic mass is 16.5. The first-order chi connectivity index (χ1) is 14.5. The lowest BCUT2D eigenvalue weighted by atomic mass is 10.1. The third-order valence-electron chi connectivity index (χ3n) is 4.24. The van der Waals surface area contributed by atoms with Gasteiger partial charge in [0, 0.05) is 23.4 Å². The highest BCUT2D eigenvalue weighted by molar-refractivity contribution is 6.10. The molecule has 154 valence electrons. The molecular formula is C23H22N2O5. The van der Waals surface area contributed by atoms with Crippen LogP contribution in [0, 0.1) is 6.92 Å². The molecule has 0 radical (unpaired) electrons. The van der Waals surface area contributed by atoms with Crippen LogP contribution in [0.5, 0.6) is 11.5 Å². The van der Waals surface area contributed by atoms with Crippen molar-refractivity contribution in [3.8, 4) is 11.5 Å². The first kappa shape index (κ1) is 20.7. The number of methoxy groups -OCH3 is 2.